The Labute approximate surface area is 170 Å². The average molecular weight is 410 g/mol. The number of sulfonamides is 1. The van der Waals surface area contributed by atoms with Crippen molar-refractivity contribution in [1.29, 1.82) is 0 Å². The molecular weight excluding hydrogens is 388 g/mol. The maximum Gasteiger partial charge on any atom is 0.262 e. The number of ether oxygens (including phenoxy) is 1. The molecule has 0 spiro atoms. The van der Waals surface area contributed by atoms with Gasteiger partial charge in [-0.05, 0) is 67.4 Å². The summed E-state index contributed by atoms with van der Waals surface area (Å²) >= 11 is 0. The first-order chi connectivity index (χ1) is 13.8. The van der Waals surface area contributed by atoms with Crippen molar-refractivity contribution in [3.63, 3.8) is 0 Å². The monoisotopic (exact) mass is 410 g/mol. The molecule has 0 bridgehead atoms. The number of para-hydroxylation sites is 2. The molecule has 3 rings (SSSR count). The highest BCUT2D eigenvalue weighted by molar-refractivity contribution is 7.92. The van der Waals surface area contributed by atoms with E-state index in [2.05, 4.69) is 10.0 Å². The molecule has 0 aliphatic carbocycles. The Balaban J connectivity index is 1.78. The minimum atomic E-state index is -3.82. The molecular formula is C22H22N2O4S. The smallest absolute Gasteiger partial charge is 0.262 e. The second-order valence-corrected chi connectivity index (χ2v) is 8.29. The van der Waals surface area contributed by atoms with Crippen molar-refractivity contribution in [1.82, 2.24) is 0 Å². The molecule has 2 N–H and O–H groups in total. The topological polar surface area (TPSA) is 84.5 Å². The lowest BCUT2D eigenvalue weighted by Crippen LogP contribution is -2.15. The van der Waals surface area contributed by atoms with Crippen LogP contribution >= 0.6 is 0 Å². The lowest BCUT2D eigenvalue weighted by Gasteiger charge is -2.12. The van der Waals surface area contributed by atoms with E-state index in [9.17, 15) is 13.2 Å². The molecule has 6 nitrogen and oxygen atoms in total. The van der Waals surface area contributed by atoms with Crippen LogP contribution < -0.4 is 14.8 Å². The number of nitrogens with one attached hydrogen (secondary N) is 2. The van der Waals surface area contributed by atoms with E-state index in [1.54, 1.807) is 24.3 Å². The molecule has 150 valence electrons. The lowest BCUT2D eigenvalue weighted by molar-refractivity contribution is 0.102. The van der Waals surface area contributed by atoms with Gasteiger partial charge in [0.2, 0.25) is 0 Å². The second-order valence-electron chi connectivity index (χ2n) is 6.60. The van der Waals surface area contributed by atoms with Gasteiger partial charge in [0.05, 0.1) is 17.7 Å². The number of anilines is 2. The number of carbonyl (C=O) groups excluding carboxylic acids is 1. The zero-order valence-corrected chi connectivity index (χ0v) is 17.2. The Morgan fingerprint density at radius 3 is 2.28 bits per heavy atom. The van der Waals surface area contributed by atoms with E-state index < -0.39 is 10.0 Å². The van der Waals surface area contributed by atoms with Gasteiger partial charge >= 0.3 is 0 Å². The molecule has 0 unspecified atom stereocenters. The minimum Gasteiger partial charge on any atom is -0.495 e. The molecule has 0 aliphatic heterocycles. The van der Waals surface area contributed by atoms with Crippen molar-refractivity contribution in [2.24, 2.45) is 0 Å². The maximum absolute atomic E-state index is 12.7. The number of amides is 1. The molecule has 0 saturated carbocycles. The van der Waals surface area contributed by atoms with Crippen LogP contribution in [0.5, 0.6) is 5.75 Å². The summed E-state index contributed by atoms with van der Waals surface area (Å²) in [4.78, 5) is 12.6. The van der Waals surface area contributed by atoms with Crippen LogP contribution in [0.15, 0.2) is 71.6 Å². The molecule has 0 heterocycles. The van der Waals surface area contributed by atoms with Gasteiger partial charge in [0.25, 0.3) is 15.9 Å². The number of hydrogen-bond donors (Lipinski definition) is 2. The van der Waals surface area contributed by atoms with Crippen molar-refractivity contribution in [3.8, 4) is 5.75 Å². The Morgan fingerprint density at radius 2 is 1.59 bits per heavy atom. The highest BCUT2D eigenvalue weighted by Crippen LogP contribution is 2.26. The summed E-state index contributed by atoms with van der Waals surface area (Å²) < 4.78 is 33.0. The molecule has 0 atom stereocenters. The number of rotatable bonds is 6. The van der Waals surface area contributed by atoms with Gasteiger partial charge in [-0.15, -0.1) is 0 Å². The van der Waals surface area contributed by atoms with E-state index in [-0.39, 0.29) is 10.8 Å². The first-order valence-electron chi connectivity index (χ1n) is 8.94. The van der Waals surface area contributed by atoms with Gasteiger partial charge < -0.3 is 10.1 Å². The fraction of sp³-hybridized carbons (Fsp3) is 0.136. The SMILES string of the molecule is COc1ccccc1NS(=O)(=O)c1ccc(C(=O)Nc2cc(C)ccc2C)cc1. The third-order valence-electron chi connectivity index (χ3n) is 4.42. The zero-order valence-electron chi connectivity index (χ0n) is 16.4. The molecule has 0 aliphatic rings. The second kappa shape index (κ2) is 8.36. The number of benzene rings is 3. The van der Waals surface area contributed by atoms with Crippen molar-refractivity contribution in [3.05, 3.63) is 83.4 Å². The van der Waals surface area contributed by atoms with Gasteiger partial charge in [-0.1, -0.05) is 24.3 Å². The average Bonchev–Trinajstić information content (AvgIpc) is 2.71. The summed E-state index contributed by atoms with van der Waals surface area (Å²) in [7, 11) is -2.35. The fourth-order valence-electron chi connectivity index (χ4n) is 2.78. The van der Waals surface area contributed by atoms with E-state index in [0.29, 0.717) is 17.0 Å². The van der Waals surface area contributed by atoms with Crippen LogP contribution in [0, 0.1) is 13.8 Å². The number of carbonyl (C=O) groups is 1. The molecule has 0 aromatic heterocycles. The Bertz CT molecular complexity index is 1140. The molecule has 3 aromatic carbocycles. The van der Waals surface area contributed by atoms with Crippen molar-refractivity contribution < 1.29 is 17.9 Å². The van der Waals surface area contributed by atoms with Crippen LogP contribution in [0.2, 0.25) is 0 Å². The van der Waals surface area contributed by atoms with Gasteiger partial charge in [-0.25, -0.2) is 8.42 Å². The standard InChI is InChI=1S/C22H22N2O4S/c1-15-8-9-16(2)20(14-15)23-22(25)17-10-12-18(13-11-17)29(26,27)24-19-6-4-5-7-21(19)28-3/h4-14,24H,1-3H3,(H,23,25). The van der Waals surface area contributed by atoms with Crippen molar-refractivity contribution >= 4 is 27.3 Å². The van der Waals surface area contributed by atoms with Crippen LogP contribution in [-0.4, -0.2) is 21.4 Å². The Kier molecular flexibility index (Phi) is 5.89. The summed E-state index contributed by atoms with van der Waals surface area (Å²) in [5.41, 5.74) is 3.41. The molecule has 3 aromatic rings. The normalized spacial score (nSPS) is 11.0. The highest BCUT2D eigenvalue weighted by atomic mass is 32.2. The molecule has 0 radical (unpaired) electrons. The van der Waals surface area contributed by atoms with Crippen molar-refractivity contribution in [2.45, 2.75) is 18.7 Å². The molecule has 0 fully saturated rings. The number of aryl methyl sites for hydroxylation is 2. The fourth-order valence-corrected chi connectivity index (χ4v) is 3.85. The number of methoxy groups -OCH3 is 1. The summed E-state index contributed by atoms with van der Waals surface area (Å²) in [6, 6.07) is 18.3. The predicted molar refractivity (Wildman–Crippen MR) is 114 cm³/mol. The summed E-state index contributed by atoms with van der Waals surface area (Å²) in [5.74, 6) is 0.112. The Morgan fingerprint density at radius 1 is 0.897 bits per heavy atom. The van der Waals surface area contributed by atoms with Crippen LogP contribution in [-0.2, 0) is 10.0 Å². The van der Waals surface area contributed by atoms with Crippen LogP contribution in [0.1, 0.15) is 21.5 Å². The molecule has 7 heteroatoms. The van der Waals surface area contributed by atoms with Gasteiger partial charge in [0, 0.05) is 11.3 Å². The summed E-state index contributed by atoms with van der Waals surface area (Å²) in [6.45, 7) is 3.86. The summed E-state index contributed by atoms with van der Waals surface area (Å²) in [6.07, 6.45) is 0. The third-order valence-corrected chi connectivity index (χ3v) is 5.80. The summed E-state index contributed by atoms with van der Waals surface area (Å²) in [5, 5.41) is 2.86. The van der Waals surface area contributed by atoms with Gasteiger partial charge in [-0.2, -0.15) is 0 Å². The van der Waals surface area contributed by atoms with E-state index >= 15 is 0 Å². The highest BCUT2D eigenvalue weighted by Gasteiger charge is 2.17. The van der Waals surface area contributed by atoms with Gasteiger partial charge in [-0.3, -0.25) is 9.52 Å². The van der Waals surface area contributed by atoms with E-state index in [1.807, 2.05) is 32.0 Å². The van der Waals surface area contributed by atoms with Gasteiger partial charge in [0.1, 0.15) is 5.75 Å². The van der Waals surface area contributed by atoms with Crippen LogP contribution in [0.25, 0.3) is 0 Å². The first-order valence-corrected chi connectivity index (χ1v) is 10.4. The van der Waals surface area contributed by atoms with Crippen molar-refractivity contribution in [2.75, 3.05) is 17.1 Å². The molecule has 0 saturated heterocycles. The predicted octanol–water partition coefficient (Wildman–Crippen LogP) is 4.37. The molecule has 29 heavy (non-hydrogen) atoms. The first kappa shape index (κ1) is 20.4. The molecule has 1 amide bonds. The third kappa shape index (κ3) is 4.75. The van der Waals surface area contributed by atoms with Crippen LogP contribution in [0.4, 0.5) is 11.4 Å². The minimum absolute atomic E-state index is 0.0479. The van der Waals surface area contributed by atoms with E-state index in [1.165, 1.54) is 31.4 Å². The Hall–Kier alpha value is -3.32. The van der Waals surface area contributed by atoms with Crippen LogP contribution in [0.3, 0.4) is 0 Å². The quantitative estimate of drug-likeness (QED) is 0.632. The van der Waals surface area contributed by atoms with Gasteiger partial charge in [0.15, 0.2) is 0 Å². The largest absolute Gasteiger partial charge is 0.495 e. The van der Waals surface area contributed by atoms with E-state index in [4.69, 9.17) is 4.74 Å². The maximum atomic E-state index is 12.7. The van der Waals surface area contributed by atoms with E-state index in [0.717, 1.165) is 16.8 Å². The number of hydrogen-bond acceptors (Lipinski definition) is 4. The lowest BCUT2D eigenvalue weighted by atomic mass is 10.1. The zero-order chi connectivity index (χ0) is 21.0.